The molecule has 174 valence electrons. The lowest BCUT2D eigenvalue weighted by Crippen LogP contribution is -2.05. The Kier molecular flexibility index (Phi) is 5.17. The van der Waals surface area contributed by atoms with Crippen molar-refractivity contribution < 1.29 is 24.2 Å². The van der Waals surface area contributed by atoms with E-state index in [-0.39, 0.29) is 5.56 Å². The van der Waals surface area contributed by atoms with E-state index in [0.29, 0.717) is 61.2 Å². The number of hydrogen-bond acceptors (Lipinski definition) is 2. The molecule has 0 bridgehead atoms. The van der Waals surface area contributed by atoms with E-state index in [2.05, 4.69) is 4.98 Å². The summed E-state index contributed by atoms with van der Waals surface area (Å²) in [6.45, 7) is 1.77. The molecule has 0 N–H and O–H groups in total. The number of rotatable bonds is 4. The van der Waals surface area contributed by atoms with Gasteiger partial charge in [0.05, 0.1) is 22.7 Å². The van der Waals surface area contributed by atoms with Crippen LogP contribution < -0.4 is 4.74 Å². The summed E-state index contributed by atoms with van der Waals surface area (Å²) in [6, 6.07) is 12.8. The molecule has 4 rings (SSSR count). The second-order valence-electron chi connectivity index (χ2n) is 7.46. The van der Waals surface area contributed by atoms with Crippen molar-refractivity contribution in [3.05, 3.63) is 76.4 Å². The van der Waals surface area contributed by atoms with Gasteiger partial charge in [0, 0.05) is 22.7 Å². The number of ether oxygens (including phenoxy) is 1. The van der Waals surface area contributed by atoms with Gasteiger partial charge in [-0.1, -0.05) is 79.0 Å². The van der Waals surface area contributed by atoms with Crippen LogP contribution in [0.5, 0.6) is 5.75 Å². The Bertz CT molecular complexity index is 1410. The molecule has 4 aromatic rings. The Morgan fingerprint density at radius 3 is 2.06 bits per heavy atom. The molecule has 0 amide bonds. The van der Waals surface area contributed by atoms with Gasteiger partial charge in [0.1, 0.15) is 10.6 Å². The third-order valence-corrected chi connectivity index (χ3v) is 7.00. The Morgan fingerprint density at radius 1 is 0.818 bits per heavy atom. The van der Waals surface area contributed by atoms with Gasteiger partial charge in [-0.05, 0) is 41.8 Å². The average molecular weight is 520 g/mol. The van der Waals surface area contributed by atoms with Crippen LogP contribution in [0, 0.1) is 6.92 Å². The standard InChI is InChI=1S/C23H16Cl2F5NOS/c1-13-22(23(25)18-11-19(24)21(32-2)12-20(18)31-13)15-8-6-14(7-9-15)16-4-3-5-17(10-16)33(26,27,28,29)30/h3-12H,1-2H3. The summed E-state index contributed by atoms with van der Waals surface area (Å²) in [6.07, 6.45) is 0. The molecule has 0 spiro atoms. The summed E-state index contributed by atoms with van der Waals surface area (Å²) in [5.74, 6) is 0.457. The van der Waals surface area contributed by atoms with Crippen LogP contribution in [-0.4, -0.2) is 12.1 Å². The lowest BCUT2D eigenvalue weighted by Gasteiger charge is -2.40. The van der Waals surface area contributed by atoms with Crippen molar-refractivity contribution in [1.29, 1.82) is 0 Å². The zero-order chi connectivity index (χ0) is 24.2. The average Bonchev–Trinajstić information content (AvgIpc) is 2.73. The number of fused-ring (bicyclic) bond motifs is 1. The third kappa shape index (κ3) is 4.60. The molecule has 1 aromatic heterocycles. The van der Waals surface area contributed by atoms with E-state index in [1.807, 2.05) is 0 Å². The highest BCUT2D eigenvalue weighted by atomic mass is 35.5. The molecule has 10 heteroatoms. The molecule has 0 unspecified atom stereocenters. The van der Waals surface area contributed by atoms with Gasteiger partial charge in [0.15, 0.2) is 0 Å². The minimum Gasteiger partial charge on any atom is -0.495 e. The van der Waals surface area contributed by atoms with E-state index in [1.165, 1.54) is 13.2 Å². The van der Waals surface area contributed by atoms with Crippen molar-refractivity contribution >= 4 is 44.3 Å². The Labute approximate surface area is 196 Å². The van der Waals surface area contributed by atoms with E-state index >= 15 is 0 Å². The highest BCUT2D eigenvalue weighted by Crippen LogP contribution is 3.02. The zero-order valence-corrected chi connectivity index (χ0v) is 19.5. The maximum absolute atomic E-state index is 13.2. The molecule has 3 aromatic carbocycles. The van der Waals surface area contributed by atoms with Crippen LogP contribution >= 0.6 is 33.4 Å². The molecule has 0 radical (unpaired) electrons. The van der Waals surface area contributed by atoms with Crippen molar-refractivity contribution in [2.24, 2.45) is 0 Å². The smallest absolute Gasteiger partial charge is 0.310 e. The van der Waals surface area contributed by atoms with E-state index in [4.69, 9.17) is 27.9 Å². The number of aryl methyl sites for hydroxylation is 1. The van der Waals surface area contributed by atoms with E-state index < -0.39 is 15.1 Å². The predicted octanol–water partition coefficient (Wildman–Crippen LogP) is 9.85. The molecule has 0 saturated carbocycles. The number of aromatic nitrogens is 1. The molecule has 2 nitrogen and oxygen atoms in total. The van der Waals surface area contributed by atoms with Gasteiger partial charge in [0.2, 0.25) is 0 Å². The largest absolute Gasteiger partial charge is 0.495 e. The van der Waals surface area contributed by atoms with Gasteiger partial charge in [-0.2, -0.15) is 0 Å². The topological polar surface area (TPSA) is 22.1 Å². The first-order valence-electron chi connectivity index (χ1n) is 9.46. The molecule has 0 aliphatic rings. The molecule has 33 heavy (non-hydrogen) atoms. The monoisotopic (exact) mass is 519 g/mol. The minimum atomic E-state index is -9.77. The van der Waals surface area contributed by atoms with Gasteiger partial charge < -0.3 is 4.74 Å². The maximum Gasteiger partial charge on any atom is 0.310 e. The van der Waals surface area contributed by atoms with Crippen molar-refractivity contribution in [3.8, 4) is 28.0 Å². The molecule has 0 aliphatic carbocycles. The first-order chi connectivity index (χ1) is 15.2. The van der Waals surface area contributed by atoms with E-state index in [1.54, 1.807) is 43.3 Å². The van der Waals surface area contributed by atoms with Gasteiger partial charge in [-0.15, -0.1) is 0 Å². The number of pyridine rings is 1. The molecular weight excluding hydrogens is 504 g/mol. The first-order valence-corrected chi connectivity index (χ1v) is 12.2. The van der Waals surface area contributed by atoms with Crippen LogP contribution in [0.4, 0.5) is 19.4 Å². The Morgan fingerprint density at radius 2 is 1.45 bits per heavy atom. The Hall–Kier alpha value is -2.55. The van der Waals surface area contributed by atoms with Gasteiger partial charge in [0.25, 0.3) is 0 Å². The molecule has 1 heterocycles. The second kappa shape index (κ2) is 7.22. The van der Waals surface area contributed by atoms with Gasteiger partial charge in [-0.3, -0.25) is 4.98 Å². The van der Waals surface area contributed by atoms with Crippen LogP contribution in [0.1, 0.15) is 5.69 Å². The number of hydrogen-bond donors (Lipinski definition) is 0. The van der Waals surface area contributed by atoms with Crippen LogP contribution in [0.2, 0.25) is 10.0 Å². The number of benzene rings is 3. The fraction of sp³-hybridized carbons (Fsp3) is 0.0870. The van der Waals surface area contributed by atoms with Crippen LogP contribution in [0.15, 0.2) is 65.6 Å². The van der Waals surface area contributed by atoms with E-state index in [0.717, 1.165) is 6.07 Å². The SMILES string of the molecule is COc1cc2nc(C)c(-c3ccc(-c4cccc(S(F)(F)(F)(F)F)c4)cc3)c(Cl)c2cc1Cl. The summed E-state index contributed by atoms with van der Waals surface area (Å²) in [5.41, 5.74) is 2.85. The number of nitrogens with zero attached hydrogens (tertiary/aromatic N) is 1. The minimum absolute atomic E-state index is 0.0191. The fourth-order valence-corrected chi connectivity index (χ4v) is 4.90. The molecule has 0 atom stereocenters. The molecule has 0 fully saturated rings. The normalized spacial score (nSPS) is 14.1. The van der Waals surface area contributed by atoms with Crippen LogP contribution in [0.25, 0.3) is 33.2 Å². The summed E-state index contributed by atoms with van der Waals surface area (Å²) in [4.78, 5) is 2.64. The number of methoxy groups -OCH3 is 1. The fourth-order valence-electron chi connectivity index (χ4n) is 3.58. The quantitative estimate of drug-likeness (QED) is 0.250. The maximum atomic E-state index is 13.2. The number of halogens is 7. The van der Waals surface area contributed by atoms with Crippen LogP contribution in [0.3, 0.4) is 0 Å². The highest BCUT2D eigenvalue weighted by molar-refractivity contribution is 8.45. The van der Waals surface area contributed by atoms with Crippen molar-refractivity contribution in [1.82, 2.24) is 4.98 Å². The molecule has 0 aliphatic heterocycles. The second-order valence-corrected chi connectivity index (χ2v) is 10.7. The van der Waals surface area contributed by atoms with Crippen molar-refractivity contribution in [2.75, 3.05) is 7.11 Å². The summed E-state index contributed by atoms with van der Waals surface area (Å²) in [7, 11) is -8.28. The third-order valence-electron chi connectivity index (χ3n) is 5.16. The van der Waals surface area contributed by atoms with Crippen molar-refractivity contribution in [2.45, 2.75) is 11.8 Å². The van der Waals surface area contributed by atoms with Gasteiger partial charge in [-0.25, -0.2) is 0 Å². The first kappa shape index (κ1) is 23.6. The van der Waals surface area contributed by atoms with Gasteiger partial charge >= 0.3 is 10.2 Å². The predicted molar refractivity (Wildman–Crippen MR) is 125 cm³/mol. The summed E-state index contributed by atoms with van der Waals surface area (Å²) < 4.78 is 71.1. The molecular formula is C23H16Cl2F5NOS. The summed E-state index contributed by atoms with van der Waals surface area (Å²) in [5, 5.41) is 1.37. The van der Waals surface area contributed by atoms with Crippen molar-refractivity contribution in [3.63, 3.8) is 0 Å². The zero-order valence-electron chi connectivity index (χ0n) is 17.2. The van der Waals surface area contributed by atoms with E-state index in [9.17, 15) is 19.4 Å². The Balaban J connectivity index is 1.79. The summed E-state index contributed by atoms with van der Waals surface area (Å²) >= 11 is 12.9. The lowest BCUT2D eigenvalue weighted by atomic mass is 9.98. The molecule has 0 saturated heterocycles. The highest BCUT2D eigenvalue weighted by Gasteiger charge is 2.65. The lowest BCUT2D eigenvalue weighted by molar-refractivity contribution is 0.364. The van der Waals surface area contributed by atoms with Crippen LogP contribution in [-0.2, 0) is 0 Å².